The molecular weight excluding hydrogens is 233 g/mol. The zero-order chi connectivity index (χ0) is 13.0. The third-order valence-corrected chi connectivity index (χ3v) is 3.42. The summed E-state index contributed by atoms with van der Waals surface area (Å²) >= 11 is 0. The SMILES string of the molecule is COc1cc(CC2CCCNC2)cc(F)c1OC. The quantitative estimate of drug-likeness (QED) is 0.893. The monoisotopic (exact) mass is 253 g/mol. The van der Waals surface area contributed by atoms with E-state index in [9.17, 15) is 4.39 Å². The molecule has 18 heavy (non-hydrogen) atoms. The second-order valence-electron chi connectivity index (χ2n) is 4.73. The molecule has 1 aromatic carbocycles. The predicted octanol–water partition coefficient (Wildman–Crippen LogP) is 2.39. The van der Waals surface area contributed by atoms with Crippen molar-refractivity contribution in [2.24, 2.45) is 5.92 Å². The predicted molar refractivity (Wildman–Crippen MR) is 68.8 cm³/mol. The second kappa shape index (κ2) is 6.05. The molecule has 1 aliphatic heterocycles. The van der Waals surface area contributed by atoms with Gasteiger partial charge in [0.05, 0.1) is 14.2 Å². The summed E-state index contributed by atoms with van der Waals surface area (Å²) in [6, 6.07) is 3.42. The lowest BCUT2D eigenvalue weighted by atomic mass is 9.92. The van der Waals surface area contributed by atoms with E-state index in [0.29, 0.717) is 11.7 Å². The number of methoxy groups -OCH3 is 2. The largest absolute Gasteiger partial charge is 0.493 e. The lowest BCUT2D eigenvalue weighted by molar-refractivity contribution is 0.335. The van der Waals surface area contributed by atoms with Crippen LogP contribution in [0.25, 0.3) is 0 Å². The molecule has 1 aromatic rings. The Balaban J connectivity index is 2.15. The Morgan fingerprint density at radius 2 is 2.17 bits per heavy atom. The summed E-state index contributed by atoms with van der Waals surface area (Å²) in [5.74, 6) is 0.881. The summed E-state index contributed by atoms with van der Waals surface area (Å²) in [6.07, 6.45) is 3.27. The molecule has 1 saturated heterocycles. The highest BCUT2D eigenvalue weighted by Gasteiger charge is 2.17. The molecule has 0 aliphatic carbocycles. The highest BCUT2D eigenvalue weighted by atomic mass is 19.1. The number of rotatable bonds is 4. The number of benzene rings is 1. The van der Waals surface area contributed by atoms with Crippen LogP contribution >= 0.6 is 0 Å². The lowest BCUT2D eigenvalue weighted by Gasteiger charge is -2.23. The zero-order valence-electron chi connectivity index (χ0n) is 11.0. The number of piperidine rings is 1. The molecule has 1 atom stereocenters. The Kier molecular flexibility index (Phi) is 4.42. The molecule has 0 saturated carbocycles. The highest BCUT2D eigenvalue weighted by Crippen LogP contribution is 2.32. The standard InChI is InChI=1S/C14H20FNO2/c1-17-13-8-11(7-12(15)14(13)18-2)6-10-4-3-5-16-9-10/h7-8,10,16H,3-6,9H2,1-2H3. The van der Waals surface area contributed by atoms with Crippen LogP contribution in [0.4, 0.5) is 4.39 Å². The van der Waals surface area contributed by atoms with E-state index in [0.717, 1.165) is 25.1 Å². The molecule has 1 heterocycles. The van der Waals surface area contributed by atoms with Crippen LogP contribution in [0, 0.1) is 11.7 Å². The maximum atomic E-state index is 13.8. The maximum absolute atomic E-state index is 13.8. The van der Waals surface area contributed by atoms with E-state index in [2.05, 4.69) is 5.32 Å². The van der Waals surface area contributed by atoms with Crippen molar-refractivity contribution in [3.8, 4) is 11.5 Å². The fraction of sp³-hybridized carbons (Fsp3) is 0.571. The van der Waals surface area contributed by atoms with Crippen LogP contribution in [0.2, 0.25) is 0 Å². The summed E-state index contributed by atoms with van der Waals surface area (Å²) in [5.41, 5.74) is 0.971. The van der Waals surface area contributed by atoms with Crippen molar-refractivity contribution in [3.63, 3.8) is 0 Å². The van der Waals surface area contributed by atoms with Crippen molar-refractivity contribution in [1.29, 1.82) is 0 Å². The normalized spacial score (nSPS) is 19.6. The smallest absolute Gasteiger partial charge is 0.196 e. The van der Waals surface area contributed by atoms with E-state index >= 15 is 0 Å². The minimum atomic E-state index is -0.351. The van der Waals surface area contributed by atoms with Crippen LogP contribution in [0.5, 0.6) is 11.5 Å². The minimum absolute atomic E-state index is 0.183. The van der Waals surface area contributed by atoms with Crippen molar-refractivity contribution in [3.05, 3.63) is 23.5 Å². The maximum Gasteiger partial charge on any atom is 0.196 e. The van der Waals surface area contributed by atoms with Gasteiger partial charge in [-0.25, -0.2) is 4.39 Å². The van der Waals surface area contributed by atoms with E-state index in [-0.39, 0.29) is 11.6 Å². The molecule has 100 valence electrons. The van der Waals surface area contributed by atoms with Crippen LogP contribution < -0.4 is 14.8 Å². The Hall–Kier alpha value is -1.29. The molecule has 2 rings (SSSR count). The van der Waals surface area contributed by atoms with E-state index in [1.165, 1.54) is 27.1 Å². The van der Waals surface area contributed by atoms with Gasteiger partial charge in [-0.05, 0) is 56.0 Å². The number of hydrogen-bond acceptors (Lipinski definition) is 3. The molecule has 1 N–H and O–H groups in total. The molecule has 0 amide bonds. The van der Waals surface area contributed by atoms with Crippen LogP contribution in [-0.2, 0) is 6.42 Å². The van der Waals surface area contributed by atoms with E-state index in [1.807, 2.05) is 6.07 Å². The van der Waals surface area contributed by atoms with Gasteiger partial charge in [-0.15, -0.1) is 0 Å². The average molecular weight is 253 g/mol. The van der Waals surface area contributed by atoms with Crippen molar-refractivity contribution >= 4 is 0 Å². The van der Waals surface area contributed by atoms with Gasteiger partial charge in [-0.1, -0.05) is 0 Å². The summed E-state index contributed by atoms with van der Waals surface area (Å²) in [6.45, 7) is 2.10. The summed E-state index contributed by atoms with van der Waals surface area (Å²) in [4.78, 5) is 0. The molecule has 4 heteroatoms. The Bertz CT molecular complexity index is 403. The van der Waals surface area contributed by atoms with Gasteiger partial charge in [0.15, 0.2) is 17.3 Å². The van der Waals surface area contributed by atoms with E-state index < -0.39 is 0 Å². The van der Waals surface area contributed by atoms with Gasteiger partial charge in [0.2, 0.25) is 0 Å². The Morgan fingerprint density at radius 1 is 1.33 bits per heavy atom. The van der Waals surface area contributed by atoms with Crippen molar-refractivity contribution in [1.82, 2.24) is 5.32 Å². The summed E-state index contributed by atoms with van der Waals surface area (Å²) in [7, 11) is 2.98. The van der Waals surface area contributed by atoms with Gasteiger partial charge in [-0.2, -0.15) is 0 Å². The fourth-order valence-corrected chi connectivity index (χ4v) is 2.52. The van der Waals surface area contributed by atoms with Gasteiger partial charge in [0, 0.05) is 0 Å². The number of ether oxygens (including phenoxy) is 2. The molecule has 0 radical (unpaired) electrons. The average Bonchev–Trinajstić information content (AvgIpc) is 2.39. The molecule has 1 aliphatic rings. The van der Waals surface area contributed by atoms with Crippen LogP contribution in [0.1, 0.15) is 18.4 Å². The van der Waals surface area contributed by atoms with Crippen LogP contribution in [0.15, 0.2) is 12.1 Å². The molecule has 1 unspecified atom stereocenters. The first-order valence-electron chi connectivity index (χ1n) is 6.35. The van der Waals surface area contributed by atoms with Gasteiger partial charge < -0.3 is 14.8 Å². The molecular formula is C14H20FNO2. The zero-order valence-corrected chi connectivity index (χ0v) is 11.0. The van der Waals surface area contributed by atoms with Crippen LogP contribution in [0.3, 0.4) is 0 Å². The summed E-state index contributed by atoms with van der Waals surface area (Å²) < 4.78 is 24.0. The van der Waals surface area contributed by atoms with Crippen molar-refractivity contribution < 1.29 is 13.9 Å². The number of hydrogen-bond donors (Lipinski definition) is 1. The Labute approximate surface area is 107 Å². The first kappa shape index (κ1) is 13.1. The van der Waals surface area contributed by atoms with Gasteiger partial charge >= 0.3 is 0 Å². The molecule has 0 spiro atoms. The number of nitrogens with one attached hydrogen (secondary N) is 1. The third-order valence-electron chi connectivity index (χ3n) is 3.42. The molecule has 0 bridgehead atoms. The van der Waals surface area contributed by atoms with Gasteiger partial charge in [0.25, 0.3) is 0 Å². The van der Waals surface area contributed by atoms with E-state index in [4.69, 9.17) is 9.47 Å². The van der Waals surface area contributed by atoms with Crippen molar-refractivity contribution in [2.75, 3.05) is 27.3 Å². The highest BCUT2D eigenvalue weighted by molar-refractivity contribution is 5.44. The third kappa shape index (κ3) is 2.93. The minimum Gasteiger partial charge on any atom is -0.493 e. The second-order valence-corrected chi connectivity index (χ2v) is 4.73. The topological polar surface area (TPSA) is 30.5 Å². The lowest BCUT2D eigenvalue weighted by Crippen LogP contribution is -2.30. The molecule has 3 nitrogen and oxygen atoms in total. The Morgan fingerprint density at radius 3 is 2.78 bits per heavy atom. The van der Waals surface area contributed by atoms with Crippen molar-refractivity contribution in [2.45, 2.75) is 19.3 Å². The van der Waals surface area contributed by atoms with E-state index in [1.54, 1.807) is 6.07 Å². The van der Waals surface area contributed by atoms with Gasteiger partial charge in [0.1, 0.15) is 0 Å². The number of halogens is 1. The van der Waals surface area contributed by atoms with Crippen LogP contribution in [-0.4, -0.2) is 27.3 Å². The molecule has 0 aromatic heterocycles. The first-order chi connectivity index (χ1) is 8.74. The first-order valence-corrected chi connectivity index (χ1v) is 6.35. The molecule has 1 fully saturated rings. The summed E-state index contributed by atoms with van der Waals surface area (Å²) in [5, 5.41) is 3.37. The fourth-order valence-electron chi connectivity index (χ4n) is 2.52. The van der Waals surface area contributed by atoms with Gasteiger partial charge in [-0.3, -0.25) is 0 Å².